The molecule has 0 amide bonds. The molecule has 4 nitrogen and oxygen atoms in total. The predicted molar refractivity (Wildman–Crippen MR) is 77.5 cm³/mol. The highest BCUT2D eigenvalue weighted by molar-refractivity contribution is 7.18. The van der Waals surface area contributed by atoms with Crippen molar-refractivity contribution in [2.75, 3.05) is 18.6 Å². The monoisotopic (exact) mass is 314 g/mol. The van der Waals surface area contributed by atoms with Crippen LogP contribution in [0.25, 0.3) is 0 Å². The molecule has 106 valence electrons. The normalized spacial score (nSPS) is 10.4. The largest absolute Gasteiger partial charge is 0.465 e. The smallest absolute Gasteiger partial charge is 0.351 e. The second kappa shape index (κ2) is 6.19. The number of esters is 1. The molecule has 2 aromatic rings. The molecule has 0 aliphatic heterocycles. The highest BCUT2D eigenvalue weighted by atomic mass is 35.5. The van der Waals surface area contributed by atoms with Crippen molar-refractivity contribution in [3.8, 4) is 0 Å². The van der Waals surface area contributed by atoms with Crippen LogP contribution < -0.4 is 4.90 Å². The number of thiazole rings is 1. The van der Waals surface area contributed by atoms with Crippen molar-refractivity contribution >= 4 is 39.7 Å². The van der Waals surface area contributed by atoms with Gasteiger partial charge in [0.1, 0.15) is 5.82 Å². The Kier molecular flexibility index (Phi) is 4.57. The van der Waals surface area contributed by atoms with Gasteiger partial charge in [0.05, 0.1) is 7.11 Å². The van der Waals surface area contributed by atoms with Gasteiger partial charge in [-0.1, -0.05) is 29.0 Å². The third-order valence-corrected chi connectivity index (χ3v) is 4.06. The van der Waals surface area contributed by atoms with Crippen molar-refractivity contribution < 1.29 is 13.9 Å². The van der Waals surface area contributed by atoms with Gasteiger partial charge in [-0.15, -0.1) is 0 Å². The van der Waals surface area contributed by atoms with Crippen LogP contribution in [0.1, 0.15) is 16.6 Å². The minimum Gasteiger partial charge on any atom is -0.465 e. The zero-order valence-corrected chi connectivity index (χ0v) is 12.5. The Labute approximate surface area is 124 Å². The van der Waals surface area contributed by atoms with E-state index < -0.39 is 5.97 Å². The number of hydrogen-bond donors (Lipinski definition) is 0. The molecule has 0 unspecified atom stereocenters. The third-order valence-electron chi connectivity index (χ3n) is 2.61. The molecule has 1 aromatic heterocycles. The molecule has 0 saturated carbocycles. The maximum absolute atomic E-state index is 13.3. The molecular weight excluding hydrogens is 303 g/mol. The summed E-state index contributed by atoms with van der Waals surface area (Å²) in [6, 6.07) is 6.14. The zero-order chi connectivity index (χ0) is 14.7. The molecule has 0 spiro atoms. The lowest BCUT2D eigenvalue weighted by atomic mass is 10.3. The van der Waals surface area contributed by atoms with Gasteiger partial charge in [-0.25, -0.2) is 14.2 Å². The van der Waals surface area contributed by atoms with Crippen LogP contribution in [0.5, 0.6) is 0 Å². The first-order valence-corrected chi connectivity index (χ1v) is 7.04. The van der Waals surface area contributed by atoms with Gasteiger partial charge in [-0.05, 0) is 25.1 Å². The van der Waals surface area contributed by atoms with Crippen molar-refractivity contribution in [2.45, 2.75) is 6.92 Å². The van der Waals surface area contributed by atoms with Gasteiger partial charge in [0.15, 0.2) is 15.2 Å². The molecule has 0 atom stereocenters. The lowest BCUT2D eigenvalue weighted by Gasteiger charge is -2.19. The average Bonchev–Trinajstić information content (AvgIpc) is 2.81. The van der Waals surface area contributed by atoms with Crippen molar-refractivity contribution in [1.82, 2.24) is 4.98 Å². The highest BCUT2D eigenvalue weighted by Gasteiger charge is 2.21. The molecule has 0 N–H and O–H groups in total. The molecule has 0 aliphatic carbocycles. The van der Waals surface area contributed by atoms with E-state index in [9.17, 15) is 9.18 Å². The van der Waals surface area contributed by atoms with E-state index in [-0.39, 0.29) is 15.8 Å². The topological polar surface area (TPSA) is 42.4 Å². The Bertz CT molecular complexity index is 633. The molecule has 0 saturated heterocycles. The van der Waals surface area contributed by atoms with E-state index in [0.717, 1.165) is 11.3 Å². The summed E-state index contributed by atoms with van der Waals surface area (Å²) in [5.41, 5.74) is 0.648. The SMILES string of the molecule is CCN(c1cccc(F)c1)c1nc(Cl)c(C(=O)OC)s1. The van der Waals surface area contributed by atoms with Crippen LogP contribution in [0, 0.1) is 5.82 Å². The van der Waals surface area contributed by atoms with Crippen molar-refractivity contribution in [3.05, 3.63) is 40.1 Å². The molecule has 0 radical (unpaired) electrons. The maximum atomic E-state index is 13.3. The summed E-state index contributed by atoms with van der Waals surface area (Å²) in [7, 11) is 1.28. The zero-order valence-electron chi connectivity index (χ0n) is 10.9. The number of halogens is 2. The molecule has 0 bridgehead atoms. The third kappa shape index (κ3) is 2.91. The molecular formula is C13H12ClFN2O2S. The van der Waals surface area contributed by atoms with Crippen molar-refractivity contribution in [2.24, 2.45) is 0 Å². The van der Waals surface area contributed by atoms with Crippen LogP contribution in [0.3, 0.4) is 0 Å². The lowest BCUT2D eigenvalue weighted by molar-refractivity contribution is 0.0606. The minimum absolute atomic E-state index is 0.0895. The summed E-state index contributed by atoms with van der Waals surface area (Å²) in [6.07, 6.45) is 0. The van der Waals surface area contributed by atoms with E-state index in [4.69, 9.17) is 11.6 Å². The van der Waals surface area contributed by atoms with Crippen molar-refractivity contribution in [3.63, 3.8) is 0 Å². The van der Waals surface area contributed by atoms with E-state index in [1.54, 1.807) is 17.0 Å². The fourth-order valence-electron chi connectivity index (χ4n) is 1.70. The van der Waals surface area contributed by atoms with Crippen LogP contribution in [-0.4, -0.2) is 24.6 Å². The summed E-state index contributed by atoms with van der Waals surface area (Å²) < 4.78 is 17.9. The van der Waals surface area contributed by atoms with E-state index in [1.165, 1.54) is 19.2 Å². The van der Waals surface area contributed by atoms with Crippen LogP contribution in [0.4, 0.5) is 15.2 Å². The van der Waals surface area contributed by atoms with E-state index >= 15 is 0 Å². The lowest BCUT2D eigenvalue weighted by Crippen LogP contribution is -2.15. The number of methoxy groups -OCH3 is 1. The van der Waals surface area contributed by atoms with E-state index in [2.05, 4.69) is 9.72 Å². The number of anilines is 2. The van der Waals surface area contributed by atoms with Crippen molar-refractivity contribution in [1.29, 1.82) is 0 Å². The molecule has 0 aliphatic rings. The molecule has 20 heavy (non-hydrogen) atoms. The number of aromatic nitrogens is 1. The summed E-state index contributed by atoms with van der Waals surface area (Å²) in [6.45, 7) is 2.46. The quantitative estimate of drug-likeness (QED) is 0.803. The number of rotatable bonds is 4. The number of carbonyl (C=O) groups is 1. The summed E-state index contributed by atoms with van der Waals surface area (Å²) in [5.74, 6) is -0.870. The van der Waals surface area contributed by atoms with Gasteiger partial charge in [0.2, 0.25) is 0 Å². The van der Waals surface area contributed by atoms with E-state index in [1.807, 2.05) is 6.92 Å². The number of nitrogens with zero attached hydrogens (tertiary/aromatic N) is 2. The minimum atomic E-state index is -0.533. The Hall–Kier alpha value is -1.66. The first kappa shape index (κ1) is 14.7. The fourth-order valence-corrected chi connectivity index (χ4v) is 2.98. The summed E-state index contributed by atoms with van der Waals surface area (Å²) in [5, 5.41) is 0.607. The number of benzene rings is 1. The van der Waals surface area contributed by atoms with Crippen LogP contribution in [0.2, 0.25) is 5.15 Å². The Balaban J connectivity index is 2.40. The van der Waals surface area contributed by atoms with Gasteiger partial charge >= 0.3 is 5.97 Å². The molecule has 1 aromatic carbocycles. The molecule has 1 heterocycles. The Morgan fingerprint density at radius 3 is 2.90 bits per heavy atom. The first-order valence-electron chi connectivity index (χ1n) is 5.84. The molecule has 7 heteroatoms. The highest BCUT2D eigenvalue weighted by Crippen LogP contribution is 2.34. The van der Waals surface area contributed by atoms with Gasteiger partial charge in [0.25, 0.3) is 0 Å². The second-order valence-corrected chi connectivity index (χ2v) is 5.17. The number of carbonyl (C=O) groups excluding carboxylic acids is 1. The van der Waals surface area contributed by atoms with Crippen LogP contribution in [-0.2, 0) is 4.74 Å². The van der Waals surface area contributed by atoms with Gasteiger partial charge < -0.3 is 9.64 Å². The summed E-state index contributed by atoms with van der Waals surface area (Å²) in [4.78, 5) is 17.7. The van der Waals surface area contributed by atoms with Crippen LogP contribution in [0.15, 0.2) is 24.3 Å². The van der Waals surface area contributed by atoms with Crippen LogP contribution >= 0.6 is 22.9 Å². The number of hydrogen-bond acceptors (Lipinski definition) is 5. The second-order valence-electron chi connectivity index (χ2n) is 3.83. The van der Waals surface area contributed by atoms with Gasteiger partial charge in [-0.3, -0.25) is 0 Å². The summed E-state index contributed by atoms with van der Waals surface area (Å²) >= 11 is 7.05. The fraction of sp³-hybridized carbons (Fsp3) is 0.231. The molecule has 2 rings (SSSR count). The van der Waals surface area contributed by atoms with Gasteiger partial charge in [0, 0.05) is 12.2 Å². The first-order chi connectivity index (χ1) is 9.56. The van der Waals surface area contributed by atoms with Gasteiger partial charge in [-0.2, -0.15) is 0 Å². The maximum Gasteiger partial charge on any atom is 0.351 e. The van der Waals surface area contributed by atoms with E-state index in [0.29, 0.717) is 17.4 Å². The Morgan fingerprint density at radius 2 is 2.30 bits per heavy atom. The Morgan fingerprint density at radius 1 is 1.55 bits per heavy atom. The molecule has 0 fully saturated rings. The predicted octanol–water partition coefficient (Wildman–Crippen LogP) is 3.88. The average molecular weight is 315 g/mol. The number of ether oxygens (including phenoxy) is 1. The standard InChI is InChI=1S/C13H12ClFN2O2S/c1-3-17(9-6-4-5-8(15)7-9)13-16-11(14)10(20-13)12(18)19-2/h4-7H,3H2,1-2H3.